The largest absolute Gasteiger partial charge is 0.507 e. The average Bonchev–Trinajstić information content (AvgIpc) is 2.88. The van der Waals surface area contributed by atoms with Gasteiger partial charge < -0.3 is 10.0 Å². The number of hydrogen-bond donors (Lipinski definition) is 1. The molecule has 0 unspecified atom stereocenters. The lowest BCUT2D eigenvalue weighted by molar-refractivity contribution is 0.512. The number of nitrogens with zero attached hydrogens (tertiary/aromatic N) is 1. The molecular formula is C35H41NO. The molecule has 0 saturated heterocycles. The summed E-state index contributed by atoms with van der Waals surface area (Å²) in [6, 6.07) is 17.3. The van der Waals surface area contributed by atoms with Crippen LogP contribution in [-0.4, -0.2) is 18.7 Å². The van der Waals surface area contributed by atoms with Crippen molar-refractivity contribution >= 4 is 23.1 Å². The highest BCUT2D eigenvalue weighted by atomic mass is 16.3. The quantitative estimate of drug-likeness (QED) is 0.263. The Morgan fingerprint density at radius 3 is 2.24 bits per heavy atom. The van der Waals surface area contributed by atoms with Crippen LogP contribution < -0.4 is 4.90 Å². The maximum absolute atomic E-state index is 11.0. The standard InChI is InChI=1S/C35H41NO/c1-7-29-21-28(22-33-13-10-18-36(6)35(29)33)11-8-9-12-30(31-16-14-24(2)26(4)19-31)23-34(37)32-17-15-25(3)27(5)20-32/h8,11-12,14-17,19-23,37H,7,9-10,13,18H2,1-6H3/b11-8+,30-12+,34-23-. The van der Waals surface area contributed by atoms with Crippen LogP contribution in [0.2, 0.25) is 0 Å². The van der Waals surface area contributed by atoms with Gasteiger partial charge in [0.05, 0.1) is 0 Å². The zero-order valence-corrected chi connectivity index (χ0v) is 23.4. The van der Waals surface area contributed by atoms with Gasteiger partial charge in [0.15, 0.2) is 0 Å². The summed E-state index contributed by atoms with van der Waals surface area (Å²) in [5.74, 6) is 0.294. The van der Waals surface area contributed by atoms with Crippen molar-refractivity contribution in [1.29, 1.82) is 0 Å². The molecule has 2 heteroatoms. The molecule has 0 fully saturated rings. The molecule has 0 aliphatic carbocycles. The summed E-state index contributed by atoms with van der Waals surface area (Å²) < 4.78 is 0. The summed E-state index contributed by atoms with van der Waals surface area (Å²) in [4.78, 5) is 2.41. The maximum atomic E-state index is 11.0. The fraction of sp³-hybridized carbons (Fsp3) is 0.314. The van der Waals surface area contributed by atoms with E-state index in [-0.39, 0.29) is 0 Å². The van der Waals surface area contributed by atoms with Crippen LogP contribution in [0.5, 0.6) is 0 Å². The van der Waals surface area contributed by atoms with Crippen LogP contribution in [0.25, 0.3) is 17.4 Å². The maximum Gasteiger partial charge on any atom is 0.123 e. The Hall–Kier alpha value is -3.52. The molecule has 0 aromatic heterocycles. The highest BCUT2D eigenvalue weighted by Crippen LogP contribution is 2.32. The third-order valence-electron chi connectivity index (χ3n) is 7.71. The van der Waals surface area contributed by atoms with Crippen LogP contribution in [-0.2, 0) is 12.8 Å². The predicted octanol–water partition coefficient (Wildman–Crippen LogP) is 8.95. The van der Waals surface area contributed by atoms with E-state index in [0.717, 1.165) is 42.5 Å². The van der Waals surface area contributed by atoms with Crippen LogP contribution in [0.15, 0.2) is 66.8 Å². The fourth-order valence-electron chi connectivity index (χ4n) is 5.16. The van der Waals surface area contributed by atoms with Crippen LogP contribution in [0.1, 0.15) is 69.8 Å². The number of fused-ring (bicyclic) bond motifs is 1. The highest BCUT2D eigenvalue weighted by molar-refractivity contribution is 5.82. The van der Waals surface area contributed by atoms with Gasteiger partial charge in [-0.2, -0.15) is 0 Å². The first-order valence-corrected chi connectivity index (χ1v) is 13.6. The van der Waals surface area contributed by atoms with E-state index in [0.29, 0.717) is 5.76 Å². The van der Waals surface area contributed by atoms with Crippen molar-refractivity contribution in [3.05, 3.63) is 117 Å². The molecule has 4 rings (SSSR count). The first-order valence-electron chi connectivity index (χ1n) is 13.6. The first kappa shape index (κ1) is 26.5. The lowest BCUT2D eigenvalue weighted by Gasteiger charge is -2.30. The fourth-order valence-corrected chi connectivity index (χ4v) is 5.16. The third kappa shape index (κ3) is 6.25. The Kier molecular flexibility index (Phi) is 8.38. The van der Waals surface area contributed by atoms with Gasteiger partial charge in [-0.25, -0.2) is 0 Å². The van der Waals surface area contributed by atoms with Crippen LogP contribution in [0.3, 0.4) is 0 Å². The van der Waals surface area contributed by atoms with Crippen molar-refractivity contribution in [2.45, 2.75) is 60.3 Å². The minimum Gasteiger partial charge on any atom is -0.507 e. The number of rotatable bonds is 7. The molecular weight excluding hydrogens is 450 g/mol. The van der Waals surface area contributed by atoms with Crippen LogP contribution in [0, 0.1) is 27.7 Å². The van der Waals surface area contributed by atoms with Gasteiger partial charge in [-0.05, 0) is 128 Å². The molecule has 0 bridgehead atoms. The number of aliphatic hydroxyl groups excluding tert-OH is 1. The van der Waals surface area contributed by atoms with Crippen LogP contribution in [0.4, 0.5) is 5.69 Å². The minimum absolute atomic E-state index is 0.294. The van der Waals surface area contributed by atoms with Crippen LogP contribution >= 0.6 is 0 Å². The summed E-state index contributed by atoms with van der Waals surface area (Å²) in [6.07, 6.45) is 12.8. The first-order chi connectivity index (χ1) is 17.8. The molecule has 0 radical (unpaired) electrons. The molecule has 192 valence electrons. The van der Waals surface area contributed by atoms with Crippen molar-refractivity contribution in [2.75, 3.05) is 18.5 Å². The van der Waals surface area contributed by atoms with Crippen molar-refractivity contribution in [2.24, 2.45) is 0 Å². The zero-order valence-electron chi connectivity index (χ0n) is 23.4. The Bertz CT molecular complexity index is 1360. The predicted molar refractivity (Wildman–Crippen MR) is 161 cm³/mol. The van der Waals surface area contributed by atoms with E-state index in [1.54, 1.807) is 0 Å². The van der Waals surface area contributed by atoms with Gasteiger partial charge in [-0.15, -0.1) is 0 Å². The second-order valence-corrected chi connectivity index (χ2v) is 10.5. The van der Waals surface area contributed by atoms with Gasteiger partial charge in [-0.3, -0.25) is 0 Å². The van der Waals surface area contributed by atoms with Crippen molar-refractivity contribution < 1.29 is 5.11 Å². The molecule has 37 heavy (non-hydrogen) atoms. The molecule has 3 aromatic carbocycles. The molecule has 2 nitrogen and oxygen atoms in total. The van der Waals surface area contributed by atoms with Gasteiger partial charge >= 0.3 is 0 Å². The lowest BCUT2D eigenvalue weighted by atomic mass is 9.94. The normalized spacial score (nSPS) is 14.4. The van der Waals surface area contributed by atoms with E-state index in [1.807, 2.05) is 12.1 Å². The molecule has 1 aliphatic rings. The van der Waals surface area contributed by atoms with Gasteiger partial charge in [0.1, 0.15) is 5.76 Å². The monoisotopic (exact) mass is 491 g/mol. The van der Waals surface area contributed by atoms with Gasteiger partial charge in [0.25, 0.3) is 0 Å². The summed E-state index contributed by atoms with van der Waals surface area (Å²) in [5, 5.41) is 11.0. The molecule has 1 N–H and O–H groups in total. The average molecular weight is 492 g/mol. The summed E-state index contributed by atoms with van der Waals surface area (Å²) in [7, 11) is 2.21. The van der Waals surface area contributed by atoms with Crippen molar-refractivity contribution in [3.8, 4) is 0 Å². The van der Waals surface area contributed by atoms with E-state index in [9.17, 15) is 5.11 Å². The molecule has 1 heterocycles. The number of hydrogen-bond acceptors (Lipinski definition) is 2. The topological polar surface area (TPSA) is 23.5 Å². The Morgan fingerprint density at radius 1 is 0.892 bits per heavy atom. The summed E-state index contributed by atoms with van der Waals surface area (Å²) in [5.41, 5.74) is 13.6. The molecule has 0 amide bonds. The number of aliphatic hydroxyl groups is 1. The minimum atomic E-state index is 0.294. The second-order valence-electron chi connectivity index (χ2n) is 10.5. The van der Waals surface area contributed by atoms with Crippen molar-refractivity contribution in [1.82, 2.24) is 0 Å². The SMILES string of the molecule is CCc1cc(/C=C/C/C=C(\C=C(/O)c2ccc(C)c(C)c2)c2ccc(C)c(C)c2)cc2c1N(C)CCC2. The smallest absolute Gasteiger partial charge is 0.123 e. The van der Waals surface area contributed by atoms with E-state index < -0.39 is 0 Å². The number of allylic oxidation sites excluding steroid dienone is 4. The second kappa shape index (κ2) is 11.7. The molecule has 0 atom stereocenters. The number of benzene rings is 3. The van der Waals surface area contributed by atoms with Crippen molar-refractivity contribution in [3.63, 3.8) is 0 Å². The zero-order chi connectivity index (χ0) is 26.5. The summed E-state index contributed by atoms with van der Waals surface area (Å²) >= 11 is 0. The van der Waals surface area contributed by atoms with E-state index in [2.05, 4.69) is 107 Å². The molecule has 1 aliphatic heterocycles. The van der Waals surface area contributed by atoms with E-state index >= 15 is 0 Å². The van der Waals surface area contributed by atoms with E-state index in [4.69, 9.17) is 0 Å². The van der Waals surface area contributed by atoms with Gasteiger partial charge in [0, 0.05) is 24.8 Å². The third-order valence-corrected chi connectivity index (χ3v) is 7.71. The van der Waals surface area contributed by atoms with Gasteiger partial charge in [0.2, 0.25) is 0 Å². The Labute approximate surface area is 223 Å². The number of anilines is 1. The Balaban J connectivity index is 1.63. The highest BCUT2D eigenvalue weighted by Gasteiger charge is 2.17. The van der Waals surface area contributed by atoms with E-state index in [1.165, 1.54) is 51.1 Å². The lowest BCUT2D eigenvalue weighted by Crippen LogP contribution is -2.26. The summed E-state index contributed by atoms with van der Waals surface area (Å²) in [6.45, 7) is 11.8. The molecule has 0 spiro atoms. The Morgan fingerprint density at radius 2 is 1.57 bits per heavy atom. The number of aryl methyl sites for hydroxylation is 6. The molecule has 0 saturated carbocycles. The van der Waals surface area contributed by atoms with Gasteiger partial charge in [-0.1, -0.05) is 55.5 Å². The molecule has 3 aromatic rings.